The molecule has 0 heterocycles. The zero-order valence-corrected chi connectivity index (χ0v) is 20.1. The molecule has 0 aliphatic rings. The number of nitrogens with zero attached hydrogens (tertiary/aromatic N) is 1. The topological polar surface area (TPSA) is 89.0 Å². The van der Waals surface area contributed by atoms with E-state index in [0.717, 1.165) is 11.1 Å². The van der Waals surface area contributed by atoms with E-state index in [1.807, 2.05) is 48.5 Å². The van der Waals surface area contributed by atoms with Crippen molar-refractivity contribution in [1.82, 2.24) is 10.7 Å². The van der Waals surface area contributed by atoms with Gasteiger partial charge < -0.3 is 14.8 Å². The Balaban J connectivity index is 1.60. The van der Waals surface area contributed by atoms with Crippen LogP contribution in [-0.4, -0.2) is 25.1 Å². The summed E-state index contributed by atoms with van der Waals surface area (Å²) in [5, 5.41) is 7.32. The van der Waals surface area contributed by atoms with Gasteiger partial charge in [-0.15, -0.1) is 0 Å². The summed E-state index contributed by atoms with van der Waals surface area (Å²) in [6, 6.07) is 19.5. The maximum atomic E-state index is 12.1. The second kappa shape index (κ2) is 12.1. The molecule has 0 aliphatic carbocycles. The van der Waals surface area contributed by atoms with Crippen LogP contribution in [0.1, 0.15) is 29.7 Å². The monoisotopic (exact) mass is 499 g/mol. The molecular weight excluding hydrogens is 477 g/mol. The van der Waals surface area contributed by atoms with Gasteiger partial charge in [-0.3, -0.25) is 9.59 Å². The van der Waals surface area contributed by atoms with Gasteiger partial charge in [0.1, 0.15) is 6.61 Å². The highest BCUT2D eigenvalue weighted by Gasteiger charge is 2.17. The number of ether oxygens (including phenoxy) is 2. The lowest BCUT2D eigenvalue weighted by atomic mass is 10.1. The first-order chi connectivity index (χ1) is 16.4. The molecule has 1 atom stereocenters. The molecule has 3 aromatic rings. The normalized spacial score (nSPS) is 11.6. The molecule has 3 rings (SSSR count). The molecule has 34 heavy (non-hydrogen) atoms. The first-order valence-electron chi connectivity index (χ1n) is 10.3. The van der Waals surface area contributed by atoms with E-state index in [2.05, 4.69) is 15.8 Å². The minimum Gasteiger partial charge on any atom is -0.493 e. The molecule has 0 bridgehead atoms. The van der Waals surface area contributed by atoms with Crippen molar-refractivity contribution in [2.24, 2.45) is 5.10 Å². The summed E-state index contributed by atoms with van der Waals surface area (Å²) >= 11 is 12.5. The van der Waals surface area contributed by atoms with E-state index in [1.165, 1.54) is 13.3 Å². The van der Waals surface area contributed by atoms with Crippen molar-refractivity contribution >= 4 is 41.2 Å². The summed E-state index contributed by atoms with van der Waals surface area (Å²) in [4.78, 5) is 24.2. The Kier molecular flexibility index (Phi) is 8.90. The fourth-order valence-corrected chi connectivity index (χ4v) is 3.49. The van der Waals surface area contributed by atoms with Gasteiger partial charge in [0.15, 0.2) is 11.5 Å². The van der Waals surface area contributed by atoms with Crippen LogP contribution in [0.15, 0.2) is 71.8 Å². The van der Waals surface area contributed by atoms with Crippen molar-refractivity contribution in [2.45, 2.75) is 19.6 Å². The van der Waals surface area contributed by atoms with Crippen molar-refractivity contribution in [3.8, 4) is 11.5 Å². The lowest BCUT2D eigenvalue weighted by Gasteiger charge is -2.14. The standard InChI is InChI=1S/C25H23Cl2N3O4/c1-16(18-8-4-3-5-9-18)29-24(31)25(32)30-28-14-17-12-21(27)23(22(13-17)33-2)34-15-19-10-6-7-11-20(19)26/h3-14,16H,15H2,1-2H3,(H,29,31)(H,30,32)/b28-14-/t16-/m0/s1. The van der Waals surface area contributed by atoms with Gasteiger partial charge in [0, 0.05) is 10.6 Å². The van der Waals surface area contributed by atoms with Crippen LogP contribution < -0.4 is 20.2 Å². The number of methoxy groups -OCH3 is 1. The minimum atomic E-state index is -0.892. The van der Waals surface area contributed by atoms with Crippen LogP contribution in [-0.2, 0) is 16.2 Å². The first-order valence-corrected chi connectivity index (χ1v) is 11.1. The van der Waals surface area contributed by atoms with E-state index < -0.39 is 11.8 Å². The Morgan fingerprint density at radius 1 is 1.00 bits per heavy atom. The second-order valence-corrected chi connectivity index (χ2v) is 8.03. The molecule has 0 saturated carbocycles. The van der Waals surface area contributed by atoms with E-state index in [9.17, 15) is 9.59 Å². The Morgan fingerprint density at radius 2 is 1.71 bits per heavy atom. The molecule has 7 nitrogen and oxygen atoms in total. The third-order valence-electron chi connectivity index (χ3n) is 4.81. The Bertz CT molecular complexity index is 1190. The first kappa shape index (κ1) is 25.1. The van der Waals surface area contributed by atoms with Crippen molar-refractivity contribution in [3.63, 3.8) is 0 Å². The third kappa shape index (κ3) is 6.73. The molecule has 3 aromatic carbocycles. The maximum Gasteiger partial charge on any atom is 0.329 e. The molecule has 0 radical (unpaired) electrons. The van der Waals surface area contributed by atoms with Crippen LogP contribution in [0.5, 0.6) is 11.5 Å². The van der Waals surface area contributed by atoms with Gasteiger partial charge in [-0.1, -0.05) is 71.7 Å². The average molecular weight is 500 g/mol. The van der Waals surface area contributed by atoms with Crippen LogP contribution in [0.25, 0.3) is 0 Å². The van der Waals surface area contributed by atoms with Gasteiger partial charge in [0.05, 0.1) is 24.4 Å². The Hall–Kier alpha value is -3.55. The number of carbonyl (C=O) groups excluding carboxylic acids is 2. The highest BCUT2D eigenvalue weighted by molar-refractivity contribution is 6.35. The molecule has 0 saturated heterocycles. The predicted octanol–water partition coefficient (Wildman–Crippen LogP) is 4.91. The van der Waals surface area contributed by atoms with Gasteiger partial charge in [0.2, 0.25) is 0 Å². The largest absolute Gasteiger partial charge is 0.493 e. The molecule has 0 aromatic heterocycles. The van der Waals surface area contributed by atoms with Gasteiger partial charge in [-0.25, -0.2) is 5.43 Å². The van der Waals surface area contributed by atoms with E-state index in [4.69, 9.17) is 32.7 Å². The average Bonchev–Trinajstić information content (AvgIpc) is 2.84. The number of nitrogens with one attached hydrogen (secondary N) is 2. The molecule has 176 valence electrons. The third-order valence-corrected chi connectivity index (χ3v) is 5.46. The van der Waals surface area contributed by atoms with Gasteiger partial charge in [-0.05, 0) is 36.2 Å². The summed E-state index contributed by atoms with van der Waals surface area (Å²) in [6.07, 6.45) is 1.35. The second-order valence-electron chi connectivity index (χ2n) is 7.22. The fraction of sp³-hybridized carbons (Fsp3) is 0.160. The van der Waals surface area contributed by atoms with E-state index in [-0.39, 0.29) is 17.7 Å². The minimum absolute atomic E-state index is 0.204. The predicted molar refractivity (Wildman–Crippen MR) is 133 cm³/mol. The SMILES string of the molecule is COc1cc(/C=N\NC(=O)C(=O)N[C@@H](C)c2ccccc2)cc(Cl)c1OCc1ccccc1Cl. The van der Waals surface area contributed by atoms with Crippen LogP contribution in [0.3, 0.4) is 0 Å². The smallest absolute Gasteiger partial charge is 0.329 e. The van der Waals surface area contributed by atoms with Crippen molar-refractivity contribution in [2.75, 3.05) is 7.11 Å². The van der Waals surface area contributed by atoms with Crippen molar-refractivity contribution in [3.05, 3.63) is 93.5 Å². The molecule has 0 unspecified atom stereocenters. The summed E-state index contributed by atoms with van der Waals surface area (Å²) in [7, 11) is 1.48. The number of carbonyl (C=O) groups is 2. The maximum absolute atomic E-state index is 12.1. The number of rotatable bonds is 8. The highest BCUT2D eigenvalue weighted by Crippen LogP contribution is 2.37. The molecular formula is C25H23Cl2N3O4. The molecule has 2 amide bonds. The van der Waals surface area contributed by atoms with E-state index in [1.54, 1.807) is 25.1 Å². The zero-order valence-electron chi connectivity index (χ0n) is 18.5. The number of halogens is 2. The molecule has 9 heteroatoms. The van der Waals surface area contributed by atoms with Crippen LogP contribution >= 0.6 is 23.2 Å². The lowest BCUT2D eigenvalue weighted by molar-refractivity contribution is -0.139. The molecule has 2 N–H and O–H groups in total. The summed E-state index contributed by atoms with van der Waals surface area (Å²) in [5.74, 6) is -0.967. The fourth-order valence-electron chi connectivity index (χ4n) is 3.02. The number of hydrogen-bond acceptors (Lipinski definition) is 5. The number of hydrogen-bond donors (Lipinski definition) is 2. The van der Waals surface area contributed by atoms with Crippen LogP contribution in [0.4, 0.5) is 0 Å². The lowest BCUT2D eigenvalue weighted by Crippen LogP contribution is -2.39. The Labute approximate surface area is 207 Å². The van der Waals surface area contributed by atoms with Gasteiger partial charge in [-0.2, -0.15) is 5.10 Å². The van der Waals surface area contributed by atoms with Gasteiger partial charge in [0.25, 0.3) is 0 Å². The van der Waals surface area contributed by atoms with E-state index >= 15 is 0 Å². The highest BCUT2D eigenvalue weighted by atomic mass is 35.5. The van der Waals surface area contributed by atoms with Crippen LogP contribution in [0.2, 0.25) is 10.0 Å². The zero-order chi connectivity index (χ0) is 24.5. The number of hydrazone groups is 1. The van der Waals surface area contributed by atoms with Crippen molar-refractivity contribution < 1.29 is 19.1 Å². The number of amides is 2. The summed E-state index contributed by atoms with van der Waals surface area (Å²) in [6.45, 7) is 1.99. The quantitative estimate of drug-likeness (QED) is 0.261. The van der Waals surface area contributed by atoms with Gasteiger partial charge >= 0.3 is 11.8 Å². The van der Waals surface area contributed by atoms with Crippen LogP contribution in [0, 0.1) is 0 Å². The Morgan fingerprint density at radius 3 is 2.41 bits per heavy atom. The number of benzene rings is 3. The van der Waals surface area contributed by atoms with Crippen molar-refractivity contribution in [1.29, 1.82) is 0 Å². The molecule has 0 fully saturated rings. The van der Waals surface area contributed by atoms with E-state index in [0.29, 0.717) is 22.1 Å². The summed E-state index contributed by atoms with van der Waals surface area (Å²) in [5.41, 5.74) is 4.42. The molecule has 0 spiro atoms. The molecule has 0 aliphatic heterocycles. The summed E-state index contributed by atoms with van der Waals surface area (Å²) < 4.78 is 11.2.